The minimum absolute atomic E-state index is 0.0247. The van der Waals surface area contributed by atoms with Crippen LogP contribution < -0.4 is 10.1 Å². The zero-order valence-corrected chi connectivity index (χ0v) is 14.2. The molecule has 2 rings (SSSR count). The van der Waals surface area contributed by atoms with E-state index in [1.165, 1.54) is 0 Å². The van der Waals surface area contributed by atoms with E-state index in [0.29, 0.717) is 5.75 Å². The molecule has 0 aromatic heterocycles. The van der Waals surface area contributed by atoms with Crippen LogP contribution in [0, 0.1) is 13.8 Å². The fourth-order valence-corrected chi connectivity index (χ4v) is 3.41. The molecule has 1 atom stereocenters. The SMILES string of the molecule is Cc1cc(C)c(C(C)(C)CC(=O)O)c(OC(=O)[C@@H]2CCCN2)c1. The summed E-state index contributed by atoms with van der Waals surface area (Å²) in [6.07, 6.45) is 1.71. The third kappa shape index (κ3) is 4.10. The van der Waals surface area contributed by atoms with E-state index in [2.05, 4.69) is 5.32 Å². The summed E-state index contributed by atoms with van der Waals surface area (Å²) in [4.78, 5) is 23.5. The molecule has 1 heterocycles. The first-order chi connectivity index (χ1) is 10.7. The third-order valence-corrected chi connectivity index (χ3v) is 4.27. The van der Waals surface area contributed by atoms with Crippen LogP contribution in [0.25, 0.3) is 0 Å². The topological polar surface area (TPSA) is 75.6 Å². The maximum atomic E-state index is 12.3. The number of hydrogen-bond donors (Lipinski definition) is 2. The van der Waals surface area contributed by atoms with E-state index in [1.54, 1.807) is 0 Å². The number of carbonyl (C=O) groups excluding carboxylic acids is 1. The molecule has 0 radical (unpaired) electrons. The van der Waals surface area contributed by atoms with Crippen LogP contribution >= 0.6 is 0 Å². The average Bonchev–Trinajstić information content (AvgIpc) is 2.88. The van der Waals surface area contributed by atoms with Crippen molar-refractivity contribution in [1.29, 1.82) is 0 Å². The Balaban J connectivity index is 2.37. The van der Waals surface area contributed by atoms with Gasteiger partial charge in [-0.1, -0.05) is 19.9 Å². The number of carboxylic acid groups (broad SMARTS) is 1. The first-order valence-electron chi connectivity index (χ1n) is 7.99. The van der Waals surface area contributed by atoms with Crippen LogP contribution in [0.15, 0.2) is 12.1 Å². The van der Waals surface area contributed by atoms with E-state index in [1.807, 2.05) is 39.8 Å². The van der Waals surface area contributed by atoms with E-state index in [9.17, 15) is 14.7 Å². The van der Waals surface area contributed by atoms with Gasteiger partial charge in [0.05, 0.1) is 6.42 Å². The maximum Gasteiger partial charge on any atom is 0.328 e. The van der Waals surface area contributed by atoms with E-state index in [-0.39, 0.29) is 18.4 Å². The Labute approximate surface area is 137 Å². The van der Waals surface area contributed by atoms with Crippen LogP contribution in [-0.2, 0) is 15.0 Å². The van der Waals surface area contributed by atoms with Crippen LogP contribution in [0.2, 0.25) is 0 Å². The van der Waals surface area contributed by atoms with Crippen LogP contribution in [0.4, 0.5) is 0 Å². The molecule has 1 aromatic carbocycles. The third-order valence-electron chi connectivity index (χ3n) is 4.27. The number of aryl methyl sites for hydroxylation is 2. The first-order valence-corrected chi connectivity index (χ1v) is 7.99. The van der Waals surface area contributed by atoms with Crippen molar-refractivity contribution in [3.8, 4) is 5.75 Å². The summed E-state index contributed by atoms with van der Waals surface area (Å²) in [5.41, 5.74) is 2.09. The summed E-state index contributed by atoms with van der Waals surface area (Å²) in [5, 5.41) is 12.3. The van der Waals surface area contributed by atoms with Gasteiger partial charge in [0.2, 0.25) is 0 Å². The van der Waals surface area contributed by atoms with Gasteiger partial charge >= 0.3 is 11.9 Å². The second-order valence-electron chi connectivity index (χ2n) is 6.98. The van der Waals surface area contributed by atoms with Crippen LogP contribution in [0.3, 0.4) is 0 Å². The number of esters is 1. The largest absolute Gasteiger partial charge is 0.481 e. The molecule has 1 fully saturated rings. The number of carboxylic acids is 1. The fraction of sp³-hybridized carbons (Fsp3) is 0.556. The van der Waals surface area contributed by atoms with Crippen molar-refractivity contribution in [2.45, 2.75) is 58.4 Å². The molecule has 0 spiro atoms. The quantitative estimate of drug-likeness (QED) is 0.645. The molecule has 5 nitrogen and oxygen atoms in total. The Morgan fingerprint density at radius 1 is 1.35 bits per heavy atom. The predicted molar refractivity (Wildman–Crippen MR) is 87.9 cm³/mol. The highest BCUT2D eigenvalue weighted by molar-refractivity contribution is 5.79. The Hall–Kier alpha value is -1.88. The number of benzene rings is 1. The molecule has 126 valence electrons. The number of rotatable bonds is 5. The zero-order valence-electron chi connectivity index (χ0n) is 14.2. The first kappa shape index (κ1) is 17.5. The molecule has 5 heteroatoms. The lowest BCUT2D eigenvalue weighted by Gasteiger charge is -2.28. The van der Waals surface area contributed by atoms with Gasteiger partial charge in [-0.25, -0.2) is 4.79 Å². The number of nitrogens with one attached hydrogen (secondary N) is 1. The van der Waals surface area contributed by atoms with E-state index < -0.39 is 11.4 Å². The van der Waals surface area contributed by atoms with Crippen LogP contribution in [0.1, 0.15) is 49.8 Å². The summed E-state index contributed by atoms with van der Waals surface area (Å²) >= 11 is 0. The molecule has 1 aliphatic heterocycles. The molecule has 1 aromatic rings. The molecular weight excluding hydrogens is 294 g/mol. The molecule has 23 heavy (non-hydrogen) atoms. The van der Waals surface area contributed by atoms with Gasteiger partial charge in [0, 0.05) is 11.0 Å². The van der Waals surface area contributed by atoms with Crippen LogP contribution in [0.5, 0.6) is 5.75 Å². The zero-order chi connectivity index (χ0) is 17.2. The van der Waals surface area contributed by atoms with E-state index in [4.69, 9.17) is 4.74 Å². The molecule has 0 unspecified atom stereocenters. The normalized spacial score (nSPS) is 18.0. The van der Waals surface area contributed by atoms with Gasteiger partial charge in [-0.2, -0.15) is 0 Å². The molecule has 0 bridgehead atoms. The molecule has 1 aliphatic rings. The second-order valence-corrected chi connectivity index (χ2v) is 6.98. The number of aliphatic carboxylic acids is 1. The molecule has 0 amide bonds. The van der Waals surface area contributed by atoms with Gasteiger partial charge in [-0.3, -0.25) is 4.79 Å². The smallest absolute Gasteiger partial charge is 0.328 e. The van der Waals surface area contributed by atoms with E-state index >= 15 is 0 Å². The van der Waals surface area contributed by atoms with Gasteiger partial charge in [-0.05, 0) is 50.4 Å². The summed E-state index contributed by atoms with van der Waals surface area (Å²) in [6, 6.07) is 3.54. The summed E-state index contributed by atoms with van der Waals surface area (Å²) in [6.45, 7) is 8.42. The predicted octanol–water partition coefficient (Wildman–Crippen LogP) is 2.71. The lowest BCUT2D eigenvalue weighted by molar-refractivity contribution is -0.138. The summed E-state index contributed by atoms with van der Waals surface area (Å²) in [5.74, 6) is -0.683. The Bertz CT molecular complexity index is 616. The number of hydrogen-bond acceptors (Lipinski definition) is 4. The van der Waals surface area contributed by atoms with Gasteiger partial charge < -0.3 is 15.2 Å². The van der Waals surface area contributed by atoms with Crippen molar-refractivity contribution in [3.05, 3.63) is 28.8 Å². The second kappa shape index (κ2) is 6.71. The maximum absolute atomic E-state index is 12.3. The van der Waals surface area contributed by atoms with Gasteiger partial charge in [-0.15, -0.1) is 0 Å². The Morgan fingerprint density at radius 3 is 2.61 bits per heavy atom. The van der Waals surface area contributed by atoms with Crippen LogP contribution in [-0.4, -0.2) is 29.6 Å². The van der Waals surface area contributed by atoms with Gasteiger partial charge in [0.15, 0.2) is 0 Å². The molecule has 0 saturated carbocycles. The molecule has 1 saturated heterocycles. The van der Waals surface area contributed by atoms with Gasteiger partial charge in [0.1, 0.15) is 11.8 Å². The minimum Gasteiger partial charge on any atom is -0.481 e. The van der Waals surface area contributed by atoms with Gasteiger partial charge in [0.25, 0.3) is 0 Å². The number of ether oxygens (including phenoxy) is 1. The summed E-state index contributed by atoms with van der Waals surface area (Å²) in [7, 11) is 0. The number of carbonyl (C=O) groups is 2. The Morgan fingerprint density at radius 2 is 2.04 bits per heavy atom. The van der Waals surface area contributed by atoms with E-state index in [0.717, 1.165) is 36.1 Å². The van der Waals surface area contributed by atoms with Crippen molar-refractivity contribution < 1.29 is 19.4 Å². The van der Waals surface area contributed by atoms with Crippen molar-refractivity contribution in [3.63, 3.8) is 0 Å². The molecular formula is C18H25NO4. The standard InChI is InChI=1S/C18H25NO4/c1-11-8-12(2)16(18(3,4)10-15(20)21)14(9-11)23-17(22)13-6-5-7-19-13/h8-9,13,19H,5-7,10H2,1-4H3,(H,20,21)/t13-/m0/s1. The lowest BCUT2D eigenvalue weighted by Crippen LogP contribution is -2.35. The average molecular weight is 319 g/mol. The minimum atomic E-state index is -0.871. The summed E-state index contributed by atoms with van der Waals surface area (Å²) < 4.78 is 5.66. The highest BCUT2D eigenvalue weighted by Crippen LogP contribution is 2.38. The fourth-order valence-electron chi connectivity index (χ4n) is 3.41. The lowest BCUT2D eigenvalue weighted by atomic mass is 9.78. The van der Waals surface area contributed by atoms with Crippen molar-refractivity contribution in [2.75, 3.05) is 6.54 Å². The highest BCUT2D eigenvalue weighted by Gasteiger charge is 2.32. The van der Waals surface area contributed by atoms with Crippen molar-refractivity contribution in [2.24, 2.45) is 0 Å². The monoisotopic (exact) mass is 319 g/mol. The highest BCUT2D eigenvalue weighted by atomic mass is 16.5. The molecule has 2 N–H and O–H groups in total. The van der Waals surface area contributed by atoms with Crippen molar-refractivity contribution >= 4 is 11.9 Å². The molecule has 0 aliphatic carbocycles. The Kier molecular flexibility index (Phi) is 5.09. The van der Waals surface area contributed by atoms with Crippen molar-refractivity contribution in [1.82, 2.24) is 5.32 Å².